The number of ether oxygens (including phenoxy) is 4. The summed E-state index contributed by atoms with van der Waals surface area (Å²) in [7, 11) is 2.03. The highest BCUT2D eigenvalue weighted by Crippen LogP contribution is 2.34. The Kier molecular flexibility index (Phi) is 5.05. The molecule has 1 atom stereocenters. The van der Waals surface area contributed by atoms with Gasteiger partial charge < -0.3 is 28.7 Å². The van der Waals surface area contributed by atoms with E-state index < -0.39 is 13.1 Å². The largest absolute Gasteiger partial charge is 0.490 e. The van der Waals surface area contributed by atoms with Crippen molar-refractivity contribution in [2.75, 3.05) is 57.9 Å². The highest BCUT2D eigenvalue weighted by atomic mass is 16.6. The second-order valence-corrected chi connectivity index (χ2v) is 9.46. The summed E-state index contributed by atoms with van der Waals surface area (Å²) in [5, 5.41) is 4.49. The number of rotatable bonds is 5. The third-order valence-corrected chi connectivity index (χ3v) is 6.78. The van der Waals surface area contributed by atoms with Crippen LogP contribution in [0.1, 0.15) is 23.9 Å². The third kappa shape index (κ3) is 4.60. The Bertz CT molecular complexity index is 1470. The molecular formula is C25H32N6O5. The minimum atomic E-state index is -2.63. The minimum absolute atomic E-state index is 0.0819. The predicted octanol–water partition coefficient (Wildman–Crippen LogP) is 1.35. The monoisotopic (exact) mass is 500 g/mol. The van der Waals surface area contributed by atoms with E-state index in [9.17, 15) is 4.79 Å². The van der Waals surface area contributed by atoms with Crippen molar-refractivity contribution in [1.29, 1.82) is 0 Å². The first-order valence-electron chi connectivity index (χ1n) is 14.2. The van der Waals surface area contributed by atoms with E-state index in [0.29, 0.717) is 37.8 Å². The fourth-order valence-corrected chi connectivity index (χ4v) is 4.90. The maximum absolute atomic E-state index is 13.0. The van der Waals surface area contributed by atoms with Gasteiger partial charge in [0.25, 0.3) is 5.78 Å². The number of morpholine rings is 1. The molecule has 0 bridgehead atoms. The second kappa shape index (κ2) is 9.62. The van der Waals surface area contributed by atoms with Gasteiger partial charge in [-0.1, -0.05) is 0 Å². The lowest BCUT2D eigenvalue weighted by molar-refractivity contribution is -0.0295. The van der Waals surface area contributed by atoms with Gasteiger partial charge in [-0.05, 0) is 26.1 Å². The normalized spacial score (nSPS) is 25.6. The lowest BCUT2D eigenvalue weighted by Crippen LogP contribution is -2.43. The van der Waals surface area contributed by atoms with E-state index in [2.05, 4.69) is 14.9 Å². The fourth-order valence-electron chi connectivity index (χ4n) is 4.90. The summed E-state index contributed by atoms with van der Waals surface area (Å²) < 4.78 is 56.3. The number of aryl methyl sites for hydroxylation is 1. The van der Waals surface area contributed by atoms with Gasteiger partial charge in [0.15, 0.2) is 11.5 Å². The van der Waals surface area contributed by atoms with Crippen molar-refractivity contribution in [3.8, 4) is 17.2 Å². The Morgan fingerprint density at radius 1 is 1.17 bits per heavy atom. The van der Waals surface area contributed by atoms with E-state index in [0.717, 1.165) is 37.3 Å². The summed E-state index contributed by atoms with van der Waals surface area (Å²) in [6, 6.07) is 4.71. The van der Waals surface area contributed by atoms with Crippen LogP contribution in [0.5, 0.6) is 17.2 Å². The molecule has 3 aromatic rings. The Morgan fingerprint density at radius 2 is 1.97 bits per heavy atom. The van der Waals surface area contributed by atoms with Crippen LogP contribution in [-0.2, 0) is 11.3 Å². The van der Waals surface area contributed by atoms with Crippen LogP contribution in [0.2, 0.25) is 0 Å². The number of aromatic nitrogens is 4. The van der Waals surface area contributed by atoms with Gasteiger partial charge in [0.2, 0.25) is 0 Å². The second-order valence-electron chi connectivity index (χ2n) is 9.46. The van der Waals surface area contributed by atoms with Gasteiger partial charge in [0, 0.05) is 56.8 Å². The Morgan fingerprint density at radius 3 is 2.78 bits per heavy atom. The van der Waals surface area contributed by atoms with Crippen LogP contribution in [0.4, 0.5) is 5.82 Å². The molecule has 2 fully saturated rings. The average molecular weight is 501 g/mol. The van der Waals surface area contributed by atoms with Gasteiger partial charge in [-0.3, -0.25) is 0 Å². The predicted molar refractivity (Wildman–Crippen MR) is 133 cm³/mol. The number of likely N-dealkylation sites (N-methyl/N-ethyl adjacent to an activating group) is 1. The molecule has 2 aromatic heterocycles. The molecule has 1 aromatic carbocycles. The lowest BCUT2D eigenvalue weighted by atomic mass is 10.1. The summed E-state index contributed by atoms with van der Waals surface area (Å²) in [6.07, 6.45) is 3.05. The van der Waals surface area contributed by atoms with Crippen LogP contribution in [0.3, 0.4) is 0 Å². The van der Waals surface area contributed by atoms with Crippen LogP contribution < -0.4 is 24.8 Å². The maximum Gasteiger partial charge on any atom is 0.351 e. The van der Waals surface area contributed by atoms with Gasteiger partial charge in [0.05, 0.1) is 24.7 Å². The van der Waals surface area contributed by atoms with Gasteiger partial charge in [0.1, 0.15) is 30.8 Å². The van der Waals surface area contributed by atoms with Crippen molar-refractivity contribution in [1.82, 2.24) is 24.1 Å². The molecule has 0 saturated carbocycles. The standard InChI is InChI=1S/C25H32N6O5/c1-17-14-30-24(27-31(25(30)32)16-20-15-28(2)9-10-33-20)26-23(17)29-7-5-18(6-8-29)36-19-3-4-21-22(13-19)35-12-11-34-21/h3-4,13-14,18,20H,5-12,15-16H2,1-2H3/i11D2,12D2. The van der Waals surface area contributed by atoms with Crippen LogP contribution >= 0.6 is 0 Å². The molecule has 3 aliphatic heterocycles. The molecule has 0 amide bonds. The molecule has 5 heterocycles. The zero-order chi connectivity index (χ0) is 28.2. The molecular weight excluding hydrogens is 464 g/mol. The molecule has 11 nitrogen and oxygen atoms in total. The molecule has 2 saturated heterocycles. The number of piperidine rings is 1. The third-order valence-electron chi connectivity index (χ3n) is 6.78. The van der Waals surface area contributed by atoms with Gasteiger partial charge >= 0.3 is 5.69 Å². The zero-order valence-electron chi connectivity index (χ0n) is 24.3. The van der Waals surface area contributed by atoms with Gasteiger partial charge in [-0.15, -0.1) is 5.10 Å². The number of anilines is 1. The summed E-state index contributed by atoms with van der Waals surface area (Å²) in [5.74, 6) is 1.86. The summed E-state index contributed by atoms with van der Waals surface area (Å²) >= 11 is 0. The molecule has 1 unspecified atom stereocenters. The molecule has 192 valence electrons. The van der Waals surface area contributed by atoms with Crippen LogP contribution in [-0.4, -0.2) is 89.2 Å². The number of benzene rings is 1. The first-order chi connectivity index (χ1) is 19.0. The highest BCUT2D eigenvalue weighted by molar-refractivity contribution is 5.51. The van der Waals surface area contributed by atoms with Crippen LogP contribution in [0.15, 0.2) is 29.2 Å². The number of hydrogen-bond donors (Lipinski definition) is 0. The maximum atomic E-state index is 13.0. The first kappa shape index (κ1) is 18.9. The molecule has 11 heteroatoms. The minimum Gasteiger partial charge on any atom is -0.490 e. The quantitative estimate of drug-likeness (QED) is 0.514. The number of nitrogens with zero attached hydrogens (tertiary/aromatic N) is 6. The molecule has 6 rings (SSSR count). The van der Waals surface area contributed by atoms with Crippen molar-refractivity contribution < 1.29 is 24.4 Å². The Balaban J connectivity index is 1.11. The van der Waals surface area contributed by atoms with Crippen molar-refractivity contribution in [3.63, 3.8) is 0 Å². The highest BCUT2D eigenvalue weighted by Gasteiger charge is 2.25. The summed E-state index contributed by atoms with van der Waals surface area (Å²) in [5.41, 5.74) is 0.646. The first-order valence-corrected chi connectivity index (χ1v) is 12.2. The van der Waals surface area contributed by atoms with Crippen LogP contribution in [0, 0.1) is 6.92 Å². The topological polar surface area (TPSA) is 95.6 Å². The van der Waals surface area contributed by atoms with Gasteiger partial charge in [-0.2, -0.15) is 4.98 Å². The molecule has 0 radical (unpaired) electrons. The van der Waals surface area contributed by atoms with Crippen molar-refractivity contribution in [2.45, 2.75) is 38.5 Å². The number of hydrogen-bond acceptors (Lipinski definition) is 9. The molecule has 0 aliphatic carbocycles. The number of fused-ring (bicyclic) bond motifs is 2. The summed E-state index contributed by atoms with van der Waals surface area (Å²) in [6.45, 7) is 0.712. The smallest absolute Gasteiger partial charge is 0.351 e. The molecule has 0 N–H and O–H groups in total. The van der Waals surface area contributed by atoms with Gasteiger partial charge in [-0.25, -0.2) is 13.9 Å². The van der Waals surface area contributed by atoms with E-state index >= 15 is 0 Å². The Labute approximate surface area is 214 Å². The fraction of sp³-hybridized carbons (Fsp3) is 0.560. The van der Waals surface area contributed by atoms with Crippen molar-refractivity contribution in [2.24, 2.45) is 0 Å². The lowest BCUT2D eigenvalue weighted by Gasteiger charge is -2.33. The molecule has 3 aliphatic rings. The van der Waals surface area contributed by atoms with Crippen molar-refractivity contribution >= 4 is 11.6 Å². The molecule has 36 heavy (non-hydrogen) atoms. The molecule has 0 spiro atoms. The zero-order valence-corrected chi connectivity index (χ0v) is 20.3. The summed E-state index contributed by atoms with van der Waals surface area (Å²) in [4.78, 5) is 22.0. The SMILES string of the molecule is [2H]C1([2H])Oc2ccc(OC3CCN(c4nc5nn(CC6CN(C)CCO6)c(=O)n5cc4C)CC3)cc2OC1([2H])[2H]. The van der Waals surface area contributed by atoms with Crippen LogP contribution in [0.25, 0.3) is 5.78 Å². The average Bonchev–Trinajstić information content (AvgIpc) is 3.18. The van der Waals surface area contributed by atoms with E-state index in [1.165, 1.54) is 21.2 Å². The van der Waals surface area contributed by atoms with Crippen molar-refractivity contribution in [3.05, 3.63) is 40.4 Å². The Hall–Kier alpha value is -3.31. The van der Waals surface area contributed by atoms with E-state index in [1.54, 1.807) is 12.3 Å². The van der Waals surface area contributed by atoms with E-state index in [-0.39, 0.29) is 29.4 Å². The van der Waals surface area contributed by atoms with E-state index in [4.69, 9.17) is 29.4 Å². The van der Waals surface area contributed by atoms with E-state index in [1.807, 2.05) is 14.0 Å².